The summed E-state index contributed by atoms with van der Waals surface area (Å²) >= 11 is 0. The van der Waals surface area contributed by atoms with Gasteiger partial charge in [-0.25, -0.2) is 0 Å². The number of likely N-dealkylation sites (tertiary alicyclic amines) is 1. The van der Waals surface area contributed by atoms with Crippen LogP contribution in [0, 0.1) is 5.92 Å². The maximum absolute atomic E-state index is 13.4. The van der Waals surface area contributed by atoms with Crippen molar-refractivity contribution in [1.82, 2.24) is 9.96 Å². The molecule has 0 aliphatic carbocycles. The van der Waals surface area contributed by atoms with Gasteiger partial charge in [-0.1, -0.05) is 60.7 Å². The number of para-hydroxylation sites is 1. The highest BCUT2D eigenvalue weighted by Gasteiger charge is 2.44. The SMILES string of the molecule is CN1OC[C@@H]2CN(C(=O)CCc3ccccc3)[C@H](c3cccc(Oc4ccccc4)c3)C[C@@H]21. The van der Waals surface area contributed by atoms with Gasteiger partial charge < -0.3 is 9.64 Å². The Morgan fingerprint density at radius 3 is 2.48 bits per heavy atom. The van der Waals surface area contributed by atoms with Crippen molar-refractivity contribution < 1.29 is 14.4 Å². The summed E-state index contributed by atoms with van der Waals surface area (Å²) in [5, 5.41) is 1.98. The minimum atomic E-state index is -0.00185. The van der Waals surface area contributed by atoms with Crippen molar-refractivity contribution in [3.05, 3.63) is 96.1 Å². The van der Waals surface area contributed by atoms with Crippen LogP contribution < -0.4 is 4.74 Å². The van der Waals surface area contributed by atoms with E-state index in [1.54, 1.807) is 0 Å². The molecule has 5 rings (SSSR count). The van der Waals surface area contributed by atoms with Gasteiger partial charge in [0, 0.05) is 32.0 Å². The van der Waals surface area contributed by atoms with Gasteiger partial charge in [0.2, 0.25) is 5.91 Å². The van der Waals surface area contributed by atoms with E-state index >= 15 is 0 Å². The second-order valence-electron chi connectivity index (χ2n) is 8.94. The molecule has 3 aromatic carbocycles. The van der Waals surface area contributed by atoms with E-state index in [9.17, 15) is 4.79 Å². The molecule has 2 fully saturated rings. The fourth-order valence-electron chi connectivity index (χ4n) is 5.01. The number of benzene rings is 3. The molecular formula is C28H30N2O3. The summed E-state index contributed by atoms with van der Waals surface area (Å²) < 4.78 is 6.08. The van der Waals surface area contributed by atoms with Gasteiger partial charge in [-0.05, 0) is 48.2 Å². The number of aryl methyl sites for hydroxylation is 1. The molecule has 170 valence electrons. The number of carbonyl (C=O) groups is 1. The molecule has 5 heteroatoms. The fourth-order valence-corrected chi connectivity index (χ4v) is 5.01. The zero-order valence-electron chi connectivity index (χ0n) is 19.0. The third-order valence-corrected chi connectivity index (χ3v) is 6.79. The minimum absolute atomic E-state index is 0.00185. The first-order chi connectivity index (χ1) is 16.2. The molecule has 0 aromatic heterocycles. The van der Waals surface area contributed by atoms with Crippen LogP contribution in [0.3, 0.4) is 0 Å². The lowest BCUT2D eigenvalue weighted by molar-refractivity contribution is -0.139. The predicted molar refractivity (Wildman–Crippen MR) is 128 cm³/mol. The number of hydroxylamine groups is 2. The van der Waals surface area contributed by atoms with Crippen LogP contribution in [-0.2, 0) is 16.1 Å². The topological polar surface area (TPSA) is 42.0 Å². The number of hydrogen-bond acceptors (Lipinski definition) is 4. The lowest BCUT2D eigenvalue weighted by Gasteiger charge is -2.42. The summed E-state index contributed by atoms with van der Waals surface area (Å²) in [7, 11) is 2.00. The lowest BCUT2D eigenvalue weighted by atomic mass is 9.85. The molecule has 33 heavy (non-hydrogen) atoms. The molecule has 0 bridgehead atoms. The highest BCUT2D eigenvalue weighted by atomic mass is 16.7. The van der Waals surface area contributed by atoms with E-state index in [2.05, 4.69) is 29.2 Å². The lowest BCUT2D eigenvalue weighted by Crippen LogP contribution is -2.49. The molecule has 0 saturated carbocycles. The first-order valence-electron chi connectivity index (χ1n) is 11.7. The Kier molecular flexibility index (Phi) is 6.42. The number of piperidine rings is 1. The zero-order valence-corrected chi connectivity index (χ0v) is 19.0. The Labute approximate surface area is 195 Å². The summed E-state index contributed by atoms with van der Waals surface area (Å²) in [6.07, 6.45) is 2.12. The smallest absolute Gasteiger partial charge is 0.223 e. The predicted octanol–water partition coefficient (Wildman–Crippen LogP) is 5.25. The van der Waals surface area contributed by atoms with E-state index in [-0.39, 0.29) is 11.9 Å². The number of amides is 1. The quantitative estimate of drug-likeness (QED) is 0.523. The molecule has 2 saturated heterocycles. The Bertz CT molecular complexity index is 1070. The van der Waals surface area contributed by atoms with Crippen molar-refractivity contribution in [3.63, 3.8) is 0 Å². The van der Waals surface area contributed by atoms with Crippen molar-refractivity contribution in [1.29, 1.82) is 0 Å². The van der Waals surface area contributed by atoms with E-state index in [1.807, 2.05) is 72.8 Å². The van der Waals surface area contributed by atoms with E-state index < -0.39 is 0 Å². The summed E-state index contributed by atoms with van der Waals surface area (Å²) in [6, 6.07) is 28.5. The van der Waals surface area contributed by atoms with Gasteiger partial charge in [-0.2, -0.15) is 5.06 Å². The molecule has 2 aliphatic rings. The molecule has 5 nitrogen and oxygen atoms in total. The first-order valence-corrected chi connectivity index (χ1v) is 11.7. The third kappa shape index (κ3) is 4.95. The molecule has 3 atom stereocenters. The normalized spacial score (nSPS) is 22.7. The Hall–Kier alpha value is -3.15. The average molecular weight is 443 g/mol. The van der Waals surface area contributed by atoms with Crippen LogP contribution in [0.25, 0.3) is 0 Å². The molecule has 2 aliphatic heterocycles. The van der Waals surface area contributed by atoms with E-state index in [1.165, 1.54) is 5.56 Å². The molecule has 0 radical (unpaired) electrons. The number of fused-ring (bicyclic) bond motifs is 1. The maximum Gasteiger partial charge on any atom is 0.223 e. The Morgan fingerprint density at radius 1 is 0.970 bits per heavy atom. The summed E-state index contributed by atoms with van der Waals surface area (Å²) in [5.74, 6) is 2.13. The summed E-state index contributed by atoms with van der Waals surface area (Å²) in [6.45, 7) is 1.39. The van der Waals surface area contributed by atoms with Crippen molar-refractivity contribution >= 4 is 5.91 Å². The summed E-state index contributed by atoms with van der Waals surface area (Å²) in [5.41, 5.74) is 2.30. The average Bonchev–Trinajstić information content (AvgIpc) is 3.23. The Morgan fingerprint density at radius 2 is 1.70 bits per heavy atom. The van der Waals surface area contributed by atoms with Crippen LogP contribution in [0.5, 0.6) is 11.5 Å². The van der Waals surface area contributed by atoms with E-state index in [4.69, 9.17) is 9.57 Å². The molecular weight excluding hydrogens is 412 g/mol. The molecule has 2 heterocycles. The number of hydrogen-bond donors (Lipinski definition) is 0. The number of carbonyl (C=O) groups excluding carboxylic acids is 1. The Balaban J connectivity index is 1.37. The molecule has 0 spiro atoms. The molecule has 1 amide bonds. The third-order valence-electron chi connectivity index (χ3n) is 6.79. The van der Waals surface area contributed by atoms with Crippen LogP contribution in [0.4, 0.5) is 0 Å². The van der Waals surface area contributed by atoms with Crippen molar-refractivity contribution in [2.24, 2.45) is 5.92 Å². The van der Waals surface area contributed by atoms with Crippen molar-refractivity contribution in [2.75, 3.05) is 20.2 Å². The number of nitrogens with zero attached hydrogens (tertiary/aromatic N) is 2. The molecule has 0 unspecified atom stereocenters. The van der Waals surface area contributed by atoms with Gasteiger partial charge in [0.15, 0.2) is 0 Å². The maximum atomic E-state index is 13.4. The van der Waals surface area contributed by atoms with Gasteiger partial charge in [0.1, 0.15) is 11.5 Å². The largest absolute Gasteiger partial charge is 0.457 e. The van der Waals surface area contributed by atoms with Crippen molar-refractivity contribution in [2.45, 2.75) is 31.3 Å². The monoisotopic (exact) mass is 442 g/mol. The number of ether oxygens (including phenoxy) is 1. The van der Waals surface area contributed by atoms with Gasteiger partial charge in [0.05, 0.1) is 12.6 Å². The van der Waals surface area contributed by atoms with Crippen LogP contribution in [0.1, 0.15) is 30.0 Å². The van der Waals surface area contributed by atoms with Crippen LogP contribution >= 0.6 is 0 Å². The highest BCUT2D eigenvalue weighted by Crippen LogP contribution is 2.40. The van der Waals surface area contributed by atoms with Crippen LogP contribution in [-0.4, -0.2) is 42.1 Å². The molecule has 0 N–H and O–H groups in total. The van der Waals surface area contributed by atoms with Crippen LogP contribution in [0.2, 0.25) is 0 Å². The second kappa shape index (κ2) is 9.77. The van der Waals surface area contributed by atoms with E-state index in [0.717, 1.165) is 36.4 Å². The summed E-state index contributed by atoms with van der Waals surface area (Å²) in [4.78, 5) is 21.3. The van der Waals surface area contributed by atoms with Crippen molar-refractivity contribution in [3.8, 4) is 11.5 Å². The van der Waals surface area contributed by atoms with Gasteiger partial charge in [-0.15, -0.1) is 0 Å². The van der Waals surface area contributed by atoms with Crippen LogP contribution in [0.15, 0.2) is 84.9 Å². The zero-order chi connectivity index (χ0) is 22.6. The minimum Gasteiger partial charge on any atom is -0.457 e. The van der Waals surface area contributed by atoms with Gasteiger partial charge in [-0.3, -0.25) is 9.63 Å². The van der Waals surface area contributed by atoms with Gasteiger partial charge >= 0.3 is 0 Å². The first kappa shape index (κ1) is 21.7. The highest BCUT2D eigenvalue weighted by molar-refractivity contribution is 5.77. The second-order valence-corrected chi connectivity index (χ2v) is 8.94. The molecule has 3 aromatic rings. The van der Waals surface area contributed by atoms with E-state index in [0.29, 0.717) is 25.0 Å². The van der Waals surface area contributed by atoms with Gasteiger partial charge in [0.25, 0.3) is 0 Å². The number of rotatable bonds is 6. The standard InChI is InChI=1S/C28H30N2O3/c1-29-26-18-27(22-11-8-14-25(17-22)33-24-12-6-3-7-13-24)30(19-23(26)20-32-29)28(31)16-15-21-9-4-2-5-10-21/h2-14,17,23,26-27H,15-16,18-20H2,1H3/t23-,26-,27-/m0/s1. The fraction of sp³-hybridized carbons (Fsp3) is 0.321.